The lowest BCUT2D eigenvalue weighted by atomic mass is 10.0. The summed E-state index contributed by atoms with van der Waals surface area (Å²) in [5.41, 5.74) is 5.87. The average molecular weight is 395 g/mol. The van der Waals surface area contributed by atoms with Gasteiger partial charge in [-0.1, -0.05) is 32.0 Å². The number of nitrogens with one attached hydrogen (secondary N) is 2. The molecule has 0 aliphatic heterocycles. The first-order valence-electron chi connectivity index (χ1n) is 9.44. The Kier molecular flexibility index (Phi) is 6.25. The topological polar surface area (TPSA) is 62.0 Å². The number of pyridine rings is 1. The first kappa shape index (κ1) is 20.2. The molecule has 0 radical (unpaired) electrons. The van der Waals surface area contributed by atoms with Crippen molar-refractivity contribution < 1.29 is 4.79 Å². The van der Waals surface area contributed by atoms with Crippen LogP contribution in [0.5, 0.6) is 0 Å². The molecule has 0 aliphatic carbocycles. The number of hydrogen-bond donors (Lipinski definition) is 2. The van der Waals surface area contributed by atoms with Gasteiger partial charge in [-0.25, -0.2) is 0 Å². The maximum atomic E-state index is 12.4. The zero-order chi connectivity index (χ0) is 20.3. The highest BCUT2D eigenvalue weighted by molar-refractivity contribution is 7.99. The minimum Gasteiger partial charge on any atom is -0.357 e. The maximum Gasteiger partial charge on any atom is 0.234 e. The summed E-state index contributed by atoms with van der Waals surface area (Å²) in [5, 5.41) is 3.66. The number of benzene rings is 2. The van der Waals surface area contributed by atoms with Crippen LogP contribution in [0.1, 0.15) is 42.1 Å². The summed E-state index contributed by atoms with van der Waals surface area (Å²) >= 11 is 1.49. The van der Waals surface area contributed by atoms with Gasteiger partial charge in [0.2, 0.25) is 5.91 Å². The number of H-pyrrole nitrogens is 1. The average Bonchev–Trinajstić information content (AvgIpc) is 2.61. The lowest BCUT2D eigenvalue weighted by molar-refractivity contribution is -0.113. The Morgan fingerprint density at radius 1 is 1.11 bits per heavy atom. The molecule has 0 saturated heterocycles. The lowest BCUT2D eigenvalue weighted by Gasteiger charge is -2.09. The first-order chi connectivity index (χ1) is 13.3. The van der Waals surface area contributed by atoms with E-state index in [9.17, 15) is 9.59 Å². The van der Waals surface area contributed by atoms with Crippen molar-refractivity contribution in [3.63, 3.8) is 0 Å². The Morgan fingerprint density at radius 2 is 1.82 bits per heavy atom. The van der Waals surface area contributed by atoms with Crippen LogP contribution in [-0.4, -0.2) is 16.6 Å². The fraction of sp³-hybridized carbons (Fsp3) is 0.304. The molecule has 1 heterocycles. The molecule has 0 saturated carbocycles. The Labute approximate surface area is 169 Å². The molecule has 3 rings (SSSR count). The van der Waals surface area contributed by atoms with Gasteiger partial charge in [-0.05, 0) is 54.7 Å². The number of carbonyl (C=O) groups is 1. The fourth-order valence-electron chi connectivity index (χ4n) is 3.31. The van der Waals surface area contributed by atoms with Gasteiger partial charge in [0.25, 0.3) is 0 Å². The second-order valence-corrected chi connectivity index (χ2v) is 8.47. The van der Waals surface area contributed by atoms with E-state index in [2.05, 4.69) is 24.1 Å². The minimum atomic E-state index is -0.0443. The zero-order valence-electron chi connectivity index (χ0n) is 16.8. The first-order valence-corrected chi connectivity index (χ1v) is 10.6. The molecular formula is C23H26N2O2S. The van der Waals surface area contributed by atoms with Crippen molar-refractivity contribution in [2.75, 3.05) is 11.1 Å². The predicted octanol–water partition coefficient (Wildman–Crippen LogP) is 5.14. The summed E-state index contributed by atoms with van der Waals surface area (Å²) in [5.74, 6) is 1.34. The maximum absolute atomic E-state index is 12.4. The molecule has 28 heavy (non-hydrogen) atoms. The molecule has 0 atom stereocenters. The number of anilines is 1. The van der Waals surface area contributed by atoms with Crippen LogP contribution in [0, 0.1) is 13.8 Å². The number of rotatable bonds is 6. The summed E-state index contributed by atoms with van der Waals surface area (Å²) in [6.45, 7) is 8.26. The highest BCUT2D eigenvalue weighted by Crippen LogP contribution is 2.19. The molecular weight excluding hydrogens is 368 g/mol. The molecule has 1 amide bonds. The second-order valence-electron chi connectivity index (χ2n) is 7.48. The van der Waals surface area contributed by atoms with Crippen LogP contribution >= 0.6 is 11.8 Å². The summed E-state index contributed by atoms with van der Waals surface area (Å²) in [6, 6.07) is 13.6. The van der Waals surface area contributed by atoms with Crippen LogP contribution in [0.2, 0.25) is 0 Å². The molecule has 3 aromatic rings. The van der Waals surface area contributed by atoms with Crippen molar-refractivity contribution in [2.24, 2.45) is 0 Å². The van der Waals surface area contributed by atoms with Crippen LogP contribution in [-0.2, 0) is 10.5 Å². The largest absolute Gasteiger partial charge is 0.357 e. The van der Waals surface area contributed by atoms with Gasteiger partial charge in [0.1, 0.15) is 0 Å². The van der Waals surface area contributed by atoms with Crippen LogP contribution in [0.4, 0.5) is 5.69 Å². The Hall–Kier alpha value is -2.53. The monoisotopic (exact) mass is 394 g/mol. The van der Waals surface area contributed by atoms with E-state index in [0.29, 0.717) is 17.4 Å². The van der Waals surface area contributed by atoms with Crippen LogP contribution in [0.25, 0.3) is 10.9 Å². The van der Waals surface area contributed by atoms with Crippen molar-refractivity contribution in [3.8, 4) is 0 Å². The quantitative estimate of drug-likeness (QED) is 0.608. The molecule has 2 N–H and O–H groups in total. The summed E-state index contributed by atoms with van der Waals surface area (Å²) < 4.78 is 0. The van der Waals surface area contributed by atoms with E-state index in [1.807, 2.05) is 50.2 Å². The van der Waals surface area contributed by atoms with Crippen LogP contribution in [0.15, 0.2) is 47.3 Å². The number of aromatic amines is 1. The van der Waals surface area contributed by atoms with Gasteiger partial charge in [-0.3, -0.25) is 9.59 Å². The molecule has 4 nitrogen and oxygen atoms in total. The minimum absolute atomic E-state index is 0.0246. The van der Waals surface area contributed by atoms with Crippen LogP contribution in [0.3, 0.4) is 0 Å². The summed E-state index contributed by atoms with van der Waals surface area (Å²) in [7, 11) is 0. The van der Waals surface area contributed by atoms with E-state index in [0.717, 1.165) is 33.4 Å². The van der Waals surface area contributed by atoms with Gasteiger partial charge in [-0.2, -0.15) is 0 Å². The Morgan fingerprint density at radius 3 is 2.50 bits per heavy atom. The predicted molar refractivity (Wildman–Crippen MR) is 119 cm³/mol. The van der Waals surface area contributed by atoms with Gasteiger partial charge in [0.05, 0.1) is 11.3 Å². The molecule has 146 valence electrons. The Balaban J connectivity index is 1.60. The van der Waals surface area contributed by atoms with E-state index in [1.165, 1.54) is 17.3 Å². The molecule has 1 aromatic heterocycles. The van der Waals surface area contributed by atoms with Crippen molar-refractivity contribution in [3.05, 3.63) is 75.1 Å². The van der Waals surface area contributed by atoms with Crippen LogP contribution < -0.4 is 10.7 Å². The number of thioether (sulfide) groups is 1. The van der Waals surface area contributed by atoms with Gasteiger partial charge in [-0.15, -0.1) is 11.8 Å². The van der Waals surface area contributed by atoms with Gasteiger partial charge in [0, 0.05) is 28.6 Å². The molecule has 0 unspecified atom stereocenters. The normalized spacial score (nSPS) is 11.2. The SMILES string of the molecule is Cc1cc(C)c2c(=O)cc(CSCC(=O)Nc3ccc(C(C)C)cc3)[nH]c2c1. The smallest absolute Gasteiger partial charge is 0.234 e. The highest BCUT2D eigenvalue weighted by Gasteiger charge is 2.08. The third kappa shape index (κ3) is 4.84. The molecule has 0 aliphatic rings. The second kappa shape index (κ2) is 8.65. The van der Waals surface area contributed by atoms with Crippen molar-refractivity contribution in [1.82, 2.24) is 4.98 Å². The Bertz CT molecular complexity index is 1050. The number of aromatic nitrogens is 1. The van der Waals surface area contributed by atoms with Crippen molar-refractivity contribution >= 4 is 34.3 Å². The van der Waals surface area contributed by atoms with E-state index in [4.69, 9.17) is 0 Å². The number of aryl methyl sites for hydroxylation is 2. The number of hydrogen-bond acceptors (Lipinski definition) is 3. The van der Waals surface area contributed by atoms with E-state index < -0.39 is 0 Å². The highest BCUT2D eigenvalue weighted by atomic mass is 32.2. The molecule has 2 aromatic carbocycles. The van der Waals surface area contributed by atoms with Crippen molar-refractivity contribution in [1.29, 1.82) is 0 Å². The van der Waals surface area contributed by atoms with Gasteiger partial charge < -0.3 is 10.3 Å². The molecule has 0 spiro atoms. The zero-order valence-corrected chi connectivity index (χ0v) is 17.6. The van der Waals surface area contributed by atoms with E-state index in [1.54, 1.807) is 6.07 Å². The third-order valence-corrected chi connectivity index (χ3v) is 5.66. The number of amides is 1. The number of fused-ring (bicyclic) bond motifs is 1. The van der Waals surface area contributed by atoms with E-state index >= 15 is 0 Å². The molecule has 0 bridgehead atoms. The van der Waals surface area contributed by atoms with Gasteiger partial charge >= 0.3 is 0 Å². The van der Waals surface area contributed by atoms with Gasteiger partial charge in [0.15, 0.2) is 5.43 Å². The van der Waals surface area contributed by atoms with Crippen molar-refractivity contribution in [2.45, 2.75) is 39.4 Å². The standard InChI is InChI=1S/C23H26N2O2S/c1-14(2)17-5-7-18(8-6-17)25-22(27)13-28-12-19-11-21(26)23-16(4)9-15(3)10-20(23)24-19/h5-11,14H,12-13H2,1-4H3,(H,24,26)(H,25,27). The third-order valence-electron chi connectivity index (χ3n) is 4.68. The summed E-state index contributed by atoms with van der Waals surface area (Å²) in [4.78, 5) is 28.0. The summed E-state index contributed by atoms with van der Waals surface area (Å²) in [6.07, 6.45) is 0. The van der Waals surface area contributed by atoms with E-state index in [-0.39, 0.29) is 11.3 Å². The number of carbonyl (C=O) groups excluding carboxylic acids is 1. The molecule has 0 fully saturated rings. The lowest BCUT2D eigenvalue weighted by Crippen LogP contribution is -2.14. The molecule has 5 heteroatoms. The fourth-order valence-corrected chi connectivity index (χ4v) is 4.05.